The van der Waals surface area contributed by atoms with Gasteiger partial charge in [-0.15, -0.1) is 0 Å². The van der Waals surface area contributed by atoms with Gasteiger partial charge < -0.3 is 0 Å². The van der Waals surface area contributed by atoms with E-state index < -0.39 is 9.84 Å². The lowest BCUT2D eigenvalue weighted by Crippen LogP contribution is -1.98. The molecule has 0 aromatic heterocycles. The number of hydrogen-bond donors (Lipinski definition) is 0. The van der Waals surface area contributed by atoms with Crippen molar-refractivity contribution in [1.82, 2.24) is 0 Å². The molecule has 1 aromatic rings. The minimum absolute atomic E-state index is 0.417. The first-order valence-electron chi connectivity index (χ1n) is 3.27. The highest BCUT2D eigenvalue weighted by Crippen LogP contribution is 2.12. The summed E-state index contributed by atoms with van der Waals surface area (Å²) in [7, 11) is -3.03. The molecule has 0 bridgehead atoms. The molecule has 0 heterocycles. The molecule has 0 N–H and O–H groups in total. The number of benzene rings is 1. The summed E-state index contributed by atoms with van der Waals surface area (Å²) in [6.07, 6.45) is 1.22. The van der Waals surface area contributed by atoms with Crippen molar-refractivity contribution < 1.29 is 8.42 Å². The van der Waals surface area contributed by atoms with Gasteiger partial charge in [0.25, 0.3) is 0 Å². The third kappa shape index (κ3) is 1.80. The van der Waals surface area contributed by atoms with Gasteiger partial charge in [-0.3, -0.25) is 0 Å². The Balaban J connectivity index is 3.37. The van der Waals surface area contributed by atoms with E-state index in [9.17, 15) is 8.42 Å². The molecule has 3 heteroatoms. The molecule has 0 atom stereocenters. The van der Waals surface area contributed by atoms with Crippen molar-refractivity contribution in [3.8, 4) is 0 Å². The largest absolute Gasteiger partial charge is 0.224 e. The second-order valence-corrected chi connectivity index (χ2v) is 4.52. The minimum atomic E-state index is -3.03. The highest BCUT2D eigenvalue weighted by atomic mass is 32.2. The molecule has 0 radical (unpaired) electrons. The van der Waals surface area contributed by atoms with Crippen LogP contribution in [0.1, 0.15) is 5.56 Å². The molecule has 2 nitrogen and oxygen atoms in total. The normalized spacial score (nSPS) is 11.5. The molecule has 0 aliphatic rings. The molecule has 1 rings (SSSR count). The first-order chi connectivity index (χ1) is 5.02. The van der Waals surface area contributed by atoms with E-state index in [1.54, 1.807) is 25.1 Å². The van der Waals surface area contributed by atoms with Crippen molar-refractivity contribution in [2.75, 3.05) is 6.26 Å². The smallest absolute Gasteiger partial charge is 0.175 e. The van der Waals surface area contributed by atoms with Crippen molar-refractivity contribution in [3.63, 3.8) is 0 Å². The molecule has 0 aliphatic heterocycles. The Hall–Kier alpha value is -0.830. The van der Waals surface area contributed by atoms with E-state index >= 15 is 0 Å². The van der Waals surface area contributed by atoms with E-state index in [1.807, 2.05) is 6.07 Å². The minimum Gasteiger partial charge on any atom is -0.224 e. The summed E-state index contributed by atoms with van der Waals surface area (Å²) in [5, 5.41) is 0. The zero-order valence-corrected chi connectivity index (χ0v) is 7.35. The van der Waals surface area contributed by atoms with Crippen molar-refractivity contribution in [1.29, 1.82) is 0 Å². The van der Waals surface area contributed by atoms with Gasteiger partial charge >= 0.3 is 0 Å². The van der Waals surface area contributed by atoms with Crippen LogP contribution in [0.2, 0.25) is 0 Å². The molecule has 11 heavy (non-hydrogen) atoms. The summed E-state index contributed by atoms with van der Waals surface area (Å²) in [5.41, 5.74) is 0.801. The van der Waals surface area contributed by atoms with Crippen LogP contribution in [-0.4, -0.2) is 14.7 Å². The molecular weight excluding hydrogens is 160 g/mol. The summed E-state index contributed by atoms with van der Waals surface area (Å²) in [6.45, 7) is 1.79. The molecule has 1 aromatic carbocycles. The molecule has 0 unspecified atom stereocenters. The predicted octanol–water partition coefficient (Wildman–Crippen LogP) is 1.40. The average molecular weight is 170 g/mol. The van der Waals surface area contributed by atoms with Crippen molar-refractivity contribution in [3.05, 3.63) is 29.8 Å². The fraction of sp³-hybridized carbons (Fsp3) is 0.250. The van der Waals surface area contributed by atoms with Crippen LogP contribution in [-0.2, 0) is 9.84 Å². The lowest BCUT2D eigenvalue weighted by atomic mass is 10.2. The van der Waals surface area contributed by atoms with Gasteiger partial charge in [0.15, 0.2) is 9.84 Å². The van der Waals surface area contributed by atoms with Crippen LogP contribution in [0, 0.1) is 6.92 Å². The van der Waals surface area contributed by atoms with E-state index in [-0.39, 0.29) is 0 Å². The Morgan fingerprint density at radius 3 is 2.09 bits per heavy atom. The lowest BCUT2D eigenvalue weighted by molar-refractivity contribution is 0.601. The maximum atomic E-state index is 11.1. The van der Waals surface area contributed by atoms with Gasteiger partial charge in [-0.1, -0.05) is 18.2 Å². The van der Waals surface area contributed by atoms with Gasteiger partial charge in [0.05, 0.1) is 4.90 Å². The number of hydrogen-bond acceptors (Lipinski definition) is 2. The molecule has 0 saturated carbocycles. The van der Waals surface area contributed by atoms with Crippen LogP contribution < -0.4 is 0 Å². The maximum Gasteiger partial charge on any atom is 0.175 e. The summed E-state index contributed by atoms with van der Waals surface area (Å²) in [5.74, 6) is 0. The van der Waals surface area contributed by atoms with Gasteiger partial charge in [0.1, 0.15) is 0 Å². The van der Waals surface area contributed by atoms with E-state index in [0.717, 1.165) is 5.56 Å². The Kier molecular flexibility index (Phi) is 2.00. The molecule has 0 amide bonds. The summed E-state index contributed by atoms with van der Waals surface area (Å²) >= 11 is 0. The van der Waals surface area contributed by atoms with Crippen LogP contribution in [0.4, 0.5) is 0 Å². The van der Waals surface area contributed by atoms with Crippen molar-refractivity contribution >= 4 is 9.84 Å². The van der Waals surface area contributed by atoms with Gasteiger partial charge in [-0.25, -0.2) is 8.42 Å². The zero-order valence-electron chi connectivity index (χ0n) is 6.53. The molecule has 0 fully saturated rings. The van der Waals surface area contributed by atoms with E-state index in [2.05, 4.69) is 0 Å². The first-order valence-corrected chi connectivity index (χ1v) is 5.16. The highest BCUT2D eigenvalue weighted by Gasteiger charge is 2.07. The average Bonchev–Trinajstić information content (AvgIpc) is 1.86. The predicted molar refractivity (Wildman–Crippen MR) is 44.3 cm³/mol. The molecular formula is C8H10O2S. The van der Waals surface area contributed by atoms with Crippen LogP contribution in [0.25, 0.3) is 0 Å². The molecule has 60 valence electrons. The number of rotatable bonds is 1. The maximum absolute atomic E-state index is 11.1. The van der Waals surface area contributed by atoms with E-state index in [0.29, 0.717) is 4.90 Å². The summed E-state index contributed by atoms with van der Waals surface area (Å²) in [6, 6.07) is 6.95. The van der Waals surface area contributed by atoms with Crippen LogP contribution in [0.5, 0.6) is 0 Å². The Bertz CT molecular complexity index is 352. The van der Waals surface area contributed by atoms with Gasteiger partial charge in [0.2, 0.25) is 0 Å². The fourth-order valence-electron chi connectivity index (χ4n) is 0.972. The second-order valence-electron chi connectivity index (χ2n) is 2.54. The van der Waals surface area contributed by atoms with E-state index in [1.165, 1.54) is 6.26 Å². The molecule has 0 spiro atoms. The standard InChI is InChI=1S/C8H10O2S/c1-7-5-3-4-6-8(7)11(2,9)10/h3-6H,1-2H3. The summed E-state index contributed by atoms with van der Waals surface area (Å²) < 4.78 is 22.1. The van der Waals surface area contributed by atoms with Crippen molar-refractivity contribution in [2.24, 2.45) is 0 Å². The fourth-order valence-corrected chi connectivity index (χ4v) is 1.95. The van der Waals surface area contributed by atoms with Crippen molar-refractivity contribution in [2.45, 2.75) is 11.8 Å². The number of aryl methyl sites for hydroxylation is 1. The first kappa shape index (κ1) is 8.27. The third-order valence-electron chi connectivity index (χ3n) is 1.49. The van der Waals surface area contributed by atoms with Crippen LogP contribution in [0.3, 0.4) is 0 Å². The quantitative estimate of drug-likeness (QED) is 0.638. The van der Waals surface area contributed by atoms with Crippen LogP contribution in [0.15, 0.2) is 29.2 Å². The monoisotopic (exact) mass is 170 g/mol. The Labute approximate surface area is 66.8 Å². The zero-order chi connectivity index (χ0) is 8.48. The number of sulfone groups is 1. The van der Waals surface area contributed by atoms with Gasteiger partial charge in [-0.05, 0) is 18.6 Å². The molecule has 0 saturated heterocycles. The van der Waals surface area contributed by atoms with E-state index in [4.69, 9.17) is 0 Å². The Morgan fingerprint density at radius 1 is 1.18 bits per heavy atom. The Morgan fingerprint density at radius 2 is 1.73 bits per heavy atom. The molecule has 0 aliphatic carbocycles. The summed E-state index contributed by atoms with van der Waals surface area (Å²) in [4.78, 5) is 0.417. The van der Waals surface area contributed by atoms with Crippen LogP contribution >= 0.6 is 0 Å². The highest BCUT2D eigenvalue weighted by molar-refractivity contribution is 7.90. The SMILES string of the molecule is Cc1ccccc1S(C)(=O)=O. The van der Waals surface area contributed by atoms with Gasteiger partial charge in [0, 0.05) is 6.26 Å². The lowest BCUT2D eigenvalue weighted by Gasteiger charge is -2.00. The van der Waals surface area contributed by atoms with Gasteiger partial charge in [-0.2, -0.15) is 0 Å². The topological polar surface area (TPSA) is 34.1 Å². The second kappa shape index (κ2) is 2.66. The third-order valence-corrected chi connectivity index (χ3v) is 2.75.